The number of hydrogen-bond donors (Lipinski definition) is 0. The largest absolute Gasteiger partial charge is 0.501 e. The van der Waals surface area contributed by atoms with E-state index in [1.807, 2.05) is 42.6 Å². The first kappa shape index (κ1) is 35.2. The van der Waals surface area contributed by atoms with Crippen molar-refractivity contribution in [3.05, 3.63) is 139 Å². The predicted octanol–water partition coefficient (Wildman–Crippen LogP) is 11.1. The van der Waals surface area contributed by atoms with Crippen LogP contribution in [0, 0.1) is 24.5 Å². The standard InChI is InChI=1S/C28H24NO.C15H18NSi.Ir/c1-28(2,3)18-19-15-16-29-24(17-19)22-12-7-13-23-26-21(20-9-5-4-6-10-20)11-8-14-25(26)30-27(22)23;1-12-10-14(13-8-6-5-7-9-13)16-11-15(12)17(2,3)4;/h4-11,13-17H,18H2,1-3H3;5-8,10-11H,1-4H3;/q2*-1;. The summed E-state index contributed by atoms with van der Waals surface area (Å²) in [5.41, 5.74) is 10.9. The zero-order chi connectivity index (χ0) is 33.2. The number of pyridine rings is 2. The fourth-order valence-corrected chi connectivity index (χ4v) is 7.92. The molecule has 0 bridgehead atoms. The van der Waals surface area contributed by atoms with Gasteiger partial charge in [0.05, 0.1) is 13.7 Å². The van der Waals surface area contributed by atoms with E-state index in [0.717, 1.165) is 50.9 Å². The topological polar surface area (TPSA) is 38.9 Å². The number of fused-ring (bicyclic) bond motifs is 3. The number of benzene rings is 4. The van der Waals surface area contributed by atoms with Crippen LogP contribution in [0.25, 0.3) is 55.6 Å². The smallest absolute Gasteiger partial charge is 0.121 e. The van der Waals surface area contributed by atoms with E-state index in [1.165, 1.54) is 27.4 Å². The van der Waals surface area contributed by atoms with E-state index in [-0.39, 0.29) is 25.5 Å². The predicted molar refractivity (Wildman–Crippen MR) is 201 cm³/mol. The molecule has 245 valence electrons. The van der Waals surface area contributed by atoms with Crippen molar-refractivity contribution < 1.29 is 24.5 Å². The van der Waals surface area contributed by atoms with Crippen molar-refractivity contribution in [3.63, 3.8) is 0 Å². The molecule has 7 aromatic rings. The van der Waals surface area contributed by atoms with Gasteiger partial charge in [-0.05, 0) is 58.6 Å². The number of furan rings is 1. The van der Waals surface area contributed by atoms with Crippen LogP contribution in [-0.4, -0.2) is 18.0 Å². The Labute approximate surface area is 299 Å². The van der Waals surface area contributed by atoms with Crippen LogP contribution in [-0.2, 0) is 26.5 Å². The van der Waals surface area contributed by atoms with E-state index in [4.69, 9.17) is 4.42 Å². The van der Waals surface area contributed by atoms with Gasteiger partial charge in [0.25, 0.3) is 0 Å². The van der Waals surface area contributed by atoms with Crippen LogP contribution in [0.4, 0.5) is 0 Å². The van der Waals surface area contributed by atoms with Gasteiger partial charge >= 0.3 is 0 Å². The molecule has 0 unspecified atom stereocenters. The maximum absolute atomic E-state index is 6.37. The molecule has 0 N–H and O–H groups in total. The van der Waals surface area contributed by atoms with Crippen molar-refractivity contribution in [2.45, 2.75) is 53.8 Å². The average molecular weight is 823 g/mol. The summed E-state index contributed by atoms with van der Waals surface area (Å²) in [6.45, 7) is 16.0. The Balaban J connectivity index is 0.000000214. The molecule has 0 amide bonds. The summed E-state index contributed by atoms with van der Waals surface area (Å²) in [5.74, 6) is 0. The molecule has 48 heavy (non-hydrogen) atoms. The summed E-state index contributed by atoms with van der Waals surface area (Å²) < 4.78 is 6.37. The second-order valence-electron chi connectivity index (χ2n) is 14.4. The van der Waals surface area contributed by atoms with Gasteiger partial charge in [-0.1, -0.05) is 117 Å². The van der Waals surface area contributed by atoms with Crippen LogP contribution in [0.1, 0.15) is 31.9 Å². The summed E-state index contributed by atoms with van der Waals surface area (Å²) in [6.07, 6.45) is 4.94. The Morgan fingerprint density at radius 1 is 0.771 bits per heavy atom. The van der Waals surface area contributed by atoms with Crippen LogP contribution in [0.2, 0.25) is 19.6 Å². The molecule has 7 rings (SSSR count). The second kappa shape index (κ2) is 14.5. The van der Waals surface area contributed by atoms with E-state index < -0.39 is 8.07 Å². The Hall–Kier alpha value is -4.15. The maximum Gasteiger partial charge on any atom is 0.121 e. The molecule has 3 nitrogen and oxygen atoms in total. The van der Waals surface area contributed by atoms with Crippen molar-refractivity contribution in [3.8, 4) is 33.6 Å². The Bertz CT molecular complexity index is 2140. The van der Waals surface area contributed by atoms with Crippen molar-refractivity contribution in [1.29, 1.82) is 0 Å². The van der Waals surface area contributed by atoms with Gasteiger partial charge in [-0.3, -0.25) is 0 Å². The minimum Gasteiger partial charge on any atom is -0.501 e. The summed E-state index contributed by atoms with van der Waals surface area (Å²) in [4.78, 5) is 9.23. The number of hydrogen-bond acceptors (Lipinski definition) is 3. The SMILES string of the molecule is CC(C)(C)Cc1ccnc(-c2[c-]ccc3c2oc2cccc(-c4ccccc4)c23)c1.Cc1cc(-c2[c-]cccc2)ncc1[Si](C)(C)C.[Ir]. The summed E-state index contributed by atoms with van der Waals surface area (Å²) in [6, 6.07) is 41.8. The second-order valence-corrected chi connectivity index (χ2v) is 19.5. The molecule has 4 aromatic carbocycles. The Kier molecular flexibility index (Phi) is 10.6. The first-order valence-corrected chi connectivity index (χ1v) is 19.8. The van der Waals surface area contributed by atoms with Gasteiger partial charge in [-0.25, -0.2) is 0 Å². The number of nitrogens with zero attached hydrogens (tertiary/aromatic N) is 2. The maximum atomic E-state index is 6.37. The molecule has 3 aromatic heterocycles. The molecule has 0 fully saturated rings. The molecule has 0 aliphatic carbocycles. The van der Waals surface area contributed by atoms with E-state index >= 15 is 0 Å². The van der Waals surface area contributed by atoms with Gasteiger partial charge in [0.2, 0.25) is 0 Å². The van der Waals surface area contributed by atoms with E-state index in [2.05, 4.69) is 142 Å². The molecule has 0 saturated carbocycles. The zero-order valence-corrected chi connectivity index (χ0v) is 32.2. The van der Waals surface area contributed by atoms with Gasteiger partial charge in [0.15, 0.2) is 0 Å². The van der Waals surface area contributed by atoms with Gasteiger partial charge in [0, 0.05) is 37.9 Å². The van der Waals surface area contributed by atoms with E-state index in [9.17, 15) is 0 Å². The number of rotatable bonds is 5. The first-order chi connectivity index (χ1) is 22.5. The van der Waals surface area contributed by atoms with Gasteiger partial charge in [-0.15, -0.1) is 54.1 Å². The van der Waals surface area contributed by atoms with E-state index in [0.29, 0.717) is 0 Å². The van der Waals surface area contributed by atoms with Crippen LogP contribution in [0.5, 0.6) is 0 Å². The summed E-state index contributed by atoms with van der Waals surface area (Å²) in [5, 5.41) is 3.68. The minimum absolute atomic E-state index is 0. The minimum atomic E-state index is -1.27. The summed E-state index contributed by atoms with van der Waals surface area (Å²) >= 11 is 0. The third-order valence-corrected chi connectivity index (χ3v) is 10.4. The quantitative estimate of drug-likeness (QED) is 0.128. The van der Waals surface area contributed by atoms with Crippen LogP contribution >= 0.6 is 0 Å². The van der Waals surface area contributed by atoms with Crippen LogP contribution < -0.4 is 5.19 Å². The molecule has 0 saturated heterocycles. The van der Waals surface area contributed by atoms with Crippen molar-refractivity contribution in [2.24, 2.45) is 5.41 Å². The normalized spacial score (nSPS) is 11.6. The number of aryl methyl sites for hydroxylation is 1. The fraction of sp³-hybridized carbons (Fsp3) is 0.209. The number of aromatic nitrogens is 2. The van der Waals surface area contributed by atoms with Crippen LogP contribution in [0.15, 0.2) is 120 Å². The van der Waals surface area contributed by atoms with Gasteiger partial charge < -0.3 is 14.4 Å². The van der Waals surface area contributed by atoms with Crippen molar-refractivity contribution in [1.82, 2.24) is 9.97 Å². The van der Waals surface area contributed by atoms with Crippen LogP contribution in [0.3, 0.4) is 0 Å². The fourth-order valence-electron chi connectivity index (χ4n) is 6.21. The van der Waals surface area contributed by atoms with Crippen molar-refractivity contribution in [2.75, 3.05) is 0 Å². The Morgan fingerprint density at radius 2 is 1.54 bits per heavy atom. The monoisotopic (exact) mass is 823 g/mol. The molecule has 0 spiro atoms. The molecule has 0 atom stereocenters. The Morgan fingerprint density at radius 3 is 2.23 bits per heavy atom. The summed E-state index contributed by atoms with van der Waals surface area (Å²) in [7, 11) is -1.27. The van der Waals surface area contributed by atoms with Gasteiger partial charge in [-0.2, -0.15) is 0 Å². The third-order valence-electron chi connectivity index (χ3n) is 8.26. The first-order valence-electron chi connectivity index (χ1n) is 16.3. The average Bonchev–Trinajstić information content (AvgIpc) is 3.44. The molecule has 5 heteroatoms. The molecule has 0 aliphatic rings. The van der Waals surface area contributed by atoms with E-state index in [1.54, 1.807) is 0 Å². The molecule has 3 heterocycles. The van der Waals surface area contributed by atoms with Gasteiger partial charge in [0.1, 0.15) is 5.58 Å². The molecular formula is C43H42IrN2OSi-2. The molecule has 0 aliphatic heterocycles. The molecular weight excluding hydrogens is 781 g/mol. The third kappa shape index (κ3) is 7.93. The molecule has 1 radical (unpaired) electrons. The van der Waals surface area contributed by atoms with Crippen molar-refractivity contribution >= 4 is 35.2 Å². The zero-order valence-electron chi connectivity index (χ0n) is 28.8.